The third kappa shape index (κ3) is 5.23. The lowest BCUT2D eigenvalue weighted by atomic mass is 10.1. The van der Waals surface area contributed by atoms with Crippen LogP contribution in [0, 0.1) is 13.8 Å². The number of hydrogen-bond donors (Lipinski definition) is 1. The van der Waals surface area contributed by atoms with Crippen LogP contribution in [0.4, 0.5) is 5.00 Å². The summed E-state index contributed by atoms with van der Waals surface area (Å²) in [6.07, 6.45) is 0. The Morgan fingerprint density at radius 2 is 1.88 bits per heavy atom. The van der Waals surface area contributed by atoms with E-state index in [1.807, 2.05) is 0 Å². The molecule has 9 nitrogen and oxygen atoms in total. The minimum absolute atomic E-state index is 0.142. The standard InChI is InChI=1S/C23H24N2O7S/c1-6-30-23(29)19-13(3)20(22(28)25(4)5)33-21(19)24-17(26)11-31-14-7-8-15-12(2)9-18(27)32-16(15)10-14/h7-10H,6,11H2,1-5H3,(H,24,26). The number of carbonyl (C=O) groups is 3. The van der Waals surface area contributed by atoms with E-state index in [2.05, 4.69) is 5.32 Å². The Bertz CT molecular complexity index is 1290. The number of ether oxygens (including phenoxy) is 2. The summed E-state index contributed by atoms with van der Waals surface area (Å²) in [5.74, 6) is -1.10. The molecule has 2 heterocycles. The lowest BCUT2D eigenvalue weighted by molar-refractivity contribution is -0.118. The van der Waals surface area contributed by atoms with Crippen molar-refractivity contribution in [2.75, 3.05) is 32.6 Å². The molecule has 3 aromatic rings. The number of aryl methyl sites for hydroxylation is 1. The largest absolute Gasteiger partial charge is 0.484 e. The second kappa shape index (κ2) is 9.86. The minimum Gasteiger partial charge on any atom is -0.484 e. The fourth-order valence-electron chi connectivity index (χ4n) is 3.16. The van der Waals surface area contributed by atoms with Crippen molar-refractivity contribution in [1.82, 2.24) is 4.90 Å². The van der Waals surface area contributed by atoms with E-state index < -0.39 is 17.5 Å². The van der Waals surface area contributed by atoms with Crippen molar-refractivity contribution in [2.24, 2.45) is 0 Å². The van der Waals surface area contributed by atoms with Gasteiger partial charge in [0, 0.05) is 31.6 Å². The van der Waals surface area contributed by atoms with E-state index in [0.29, 0.717) is 21.8 Å². The number of amides is 2. The molecule has 1 N–H and O–H groups in total. The topological polar surface area (TPSA) is 115 Å². The highest BCUT2D eigenvalue weighted by atomic mass is 32.1. The molecule has 0 aliphatic carbocycles. The van der Waals surface area contributed by atoms with Gasteiger partial charge in [-0.1, -0.05) is 0 Å². The lowest BCUT2D eigenvalue weighted by Gasteiger charge is -2.09. The highest BCUT2D eigenvalue weighted by Gasteiger charge is 2.27. The minimum atomic E-state index is -0.625. The van der Waals surface area contributed by atoms with Crippen LogP contribution in [0.15, 0.2) is 33.5 Å². The smallest absolute Gasteiger partial charge is 0.341 e. The van der Waals surface area contributed by atoms with Crippen LogP contribution in [0.5, 0.6) is 5.75 Å². The maximum atomic E-state index is 12.6. The average molecular weight is 473 g/mol. The fraction of sp³-hybridized carbons (Fsp3) is 0.304. The number of thiophene rings is 1. The van der Waals surface area contributed by atoms with Gasteiger partial charge in [0.25, 0.3) is 11.8 Å². The molecule has 2 amide bonds. The second-order valence-corrected chi connectivity index (χ2v) is 8.44. The molecule has 0 saturated carbocycles. The highest BCUT2D eigenvalue weighted by Crippen LogP contribution is 2.34. The average Bonchev–Trinajstić information content (AvgIpc) is 3.06. The van der Waals surface area contributed by atoms with Gasteiger partial charge in [-0.25, -0.2) is 9.59 Å². The van der Waals surface area contributed by atoms with Crippen molar-refractivity contribution >= 4 is 45.1 Å². The molecule has 0 aliphatic heterocycles. The van der Waals surface area contributed by atoms with E-state index >= 15 is 0 Å². The summed E-state index contributed by atoms with van der Waals surface area (Å²) < 4.78 is 15.8. The molecule has 0 atom stereocenters. The molecule has 0 saturated heterocycles. The molecular formula is C23H24N2O7S. The molecule has 0 aliphatic rings. The Morgan fingerprint density at radius 1 is 1.15 bits per heavy atom. The van der Waals surface area contributed by atoms with Gasteiger partial charge < -0.3 is 24.1 Å². The number of anilines is 1. The summed E-state index contributed by atoms with van der Waals surface area (Å²) in [7, 11) is 3.20. The van der Waals surface area contributed by atoms with E-state index in [9.17, 15) is 19.2 Å². The Balaban J connectivity index is 1.80. The van der Waals surface area contributed by atoms with Crippen molar-refractivity contribution in [3.63, 3.8) is 0 Å². The molecule has 0 radical (unpaired) electrons. The summed E-state index contributed by atoms with van der Waals surface area (Å²) in [6, 6.07) is 6.33. The van der Waals surface area contributed by atoms with Gasteiger partial charge in [-0.3, -0.25) is 9.59 Å². The molecule has 0 unspecified atom stereocenters. The summed E-state index contributed by atoms with van der Waals surface area (Å²) in [5.41, 5.74) is 1.23. The first-order valence-electron chi connectivity index (χ1n) is 10.1. The number of rotatable bonds is 7. The SMILES string of the molecule is CCOC(=O)c1c(NC(=O)COc2ccc3c(C)cc(=O)oc3c2)sc(C(=O)N(C)C)c1C. The summed E-state index contributed by atoms with van der Waals surface area (Å²) in [6.45, 7) is 4.89. The van der Waals surface area contributed by atoms with Gasteiger partial charge in [-0.2, -0.15) is 0 Å². The van der Waals surface area contributed by atoms with Crippen LogP contribution < -0.4 is 15.7 Å². The van der Waals surface area contributed by atoms with Crippen LogP contribution >= 0.6 is 11.3 Å². The van der Waals surface area contributed by atoms with Gasteiger partial charge in [0.15, 0.2) is 6.61 Å². The number of carbonyl (C=O) groups excluding carboxylic acids is 3. The number of nitrogens with zero attached hydrogens (tertiary/aromatic N) is 1. The first kappa shape index (κ1) is 24.0. The van der Waals surface area contributed by atoms with Gasteiger partial charge >= 0.3 is 11.6 Å². The van der Waals surface area contributed by atoms with E-state index in [4.69, 9.17) is 13.9 Å². The van der Waals surface area contributed by atoms with E-state index in [1.165, 1.54) is 17.0 Å². The van der Waals surface area contributed by atoms with Crippen LogP contribution in [0.2, 0.25) is 0 Å². The number of fused-ring (bicyclic) bond motifs is 1. The predicted octanol–water partition coefficient (Wildman–Crippen LogP) is 3.37. The zero-order chi connectivity index (χ0) is 24.3. The zero-order valence-electron chi connectivity index (χ0n) is 18.9. The van der Waals surface area contributed by atoms with E-state index in [1.54, 1.807) is 47.0 Å². The Hall–Kier alpha value is -3.66. The van der Waals surface area contributed by atoms with Crippen LogP contribution in [-0.4, -0.2) is 50.0 Å². The number of hydrogen-bond acceptors (Lipinski definition) is 8. The van der Waals surface area contributed by atoms with Crippen LogP contribution in [0.1, 0.15) is 38.1 Å². The Labute approximate surface area is 193 Å². The first-order valence-corrected chi connectivity index (χ1v) is 10.9. The van der Waals surface area contributed by atoms with Crippen LogP contribution in [0.25, 0.3) is 11.0 Å². The van der Waals surface area contributed by atoms with Gasteiger partial charge in [0.2, 0.25) is 0 Å². The lowest BCUT2D eigenvalue weighted by Crippen LogP contribution is -2.21. The molecule has 0 bridgehead atoms. The van der Waals surface area contributed by atoms with Crippen molar-refractivity contribution in [3.8, 4) is 5.75 Å². The third-order valence-corrected chi connectivity index (χ3v) is 5.97. The Kier molecular flexibility index (Phi) is 7.17. The Morgan fingerprint density at radius 3 is 2.55 bits per heavy atom. The number of esters is 1. The zero-order valence-corrected chi connectivity index (χ0v) is 19.8. The number of benzene rings is 1. The third-order valence-electron chi connectivity index (χ3n) is 4.77. The van der Waals surface area contributed by atoms with Gasteiger partial charge in [-0.05, 0) is 44.0 Å². The normalized spacial score (nSPS) is 10.7. The summed E-state index contributed by atoms with van der Waals surface area (Å²) in [5, 5.41) is 3.61. The van der Waals surface area contributed by atoms with Crippen molar-refractivity contribution < 1.29 is 28.3 Å². The van der Waals surface area contributed by atoms with E-state index in [-0.39, 0.29) is 29.7 Å². The molecule has 0 fully saturated rings. The monoisotopic (exact) mass is 472 g/mol. The fourth-order valence-corrected chi connectivity index (χ4v) is 4.40. The molecular weight excluding hydrogens is 448 g/mol. The maximum Gasteiger partial charge on any atom is 0.341 e. The maximum absolute atomic E-state index is 12.6. The highest BCUT2D eigenvalue weighted by molar-refractivity contribution is 7.18. The van der Waals surface area contributed by atoms with Gasteiger partial charge in [0.05, 0.1) is 17.0 Å². The summed E-state index contributed by atoms with van der Waals surface area (Å²) >= 11 is 1.00. The quantitative estimate of drug-likeness (QED) is 0.414. The molecule has 33 heavy (non-hydrogen) atoms. The molecule has 0 spiro atoms. The van der Waals surface area contributed by atoms with Crippen molar-refractivity contribution in [3.05, 3.63) is 56.3 Å². The molecule has 174 valence electrons. The van der Waals surface area contributed by atoms with Gasteiger partial charge in [-0.15, -0.1) is 11.3 Å². The van der Waals surface area contributed by atoms with Crippen molar-refractivity contribution in [2.45, 2.75) is 20.8 Å². The second-order valence-electron chi connectivity index (χ2n) is 7.42. The molecule has 1 aromatic carbocycles. The van der Waals surface area contributed by atoms with Crippen LogP contribution in [-0.2, 0) is 9.53 Å². The predicted molar refractivity (Wildman–Crippen MR) is 124 cm³/mol. The molecule has 10 heteroatoms. The first-order chi connectivity index (χ1) is 15.6. The van der Waals surface area contributed by atoms with E-state index in [0.717, 1.165) is 22.3 Å². The van der Waals surface area contributed by atoms with Gasteiger partial charge in [0.1, 0.15) is 16.3 Å². The van der Waals surface area contributed by atoms with Crippen molar-refractivity contribution in [1.29, 1.82) is 0 Å². The number of nitrogens with one attached hydrogen (secondary N) is 1. The van der Waals surface area contributed by atoms with Crippen LogP contribution in [0.3, 0.4) is 0 Å². The molecule has 3 rings (SSSR count). The molecule has 2 aromatic heterocycles. The summed E-state index contributed by atoms with van der Waals surface area (Å²) in [4.78, 5) is 50.8.